The van der Waals surface area contributed by atoms with Crippen molar-refractivity contribution in [3.05, 3.63) is 59.7 Å². The molecule has 1 saturated carbocycles. The van der Waals surface area contributed by atoms with Crippen LogP contribution < -0.4 is 20.1 Å². The van der Waals surface area contributed by atoms with Gasteiger partial charge in [-0.1, -0.05) is 49.7 Å². The third kappa shape index (κ3) is 4.69. The average molecular weight is 466 g/mol. The van der Waals surface area contributed by atoms with Crippen molar-refractivity contribution in [1.82, 2.24) is 15.5 Å². The molecule has 5 rings (SSSR count). The van der Waals surface area contributed by atoms with Crippen molar-refractivity contribution in [2.24, 2.45) is 0 Å². The number of hydrogen-bond donors (Lipinski definition) is 2. The first-order valence-corrected chi connectivity index (χ1v) is 12.8. The van der Waals surface area contributed by atoms with Crippen molar-refractivity contribution in [3.63, 3.8) is 0 Å². The smallest absolute Gasteiger partial charge is 0.231 e. The Kier molecular flexibility index (Phi) is 6.74. The van der Waals surface area contributed by atoms with Crippen molar-refractivity contribution in [2.45, 2.75) is 69.5 Å². The fraction of sp³-hybridized carbons (Fsp3) is 0.519. The molecule has 5 nitrogen and oxygen atoms in total. The van der Waals surface area contributed by atoms with Crippen LogP contribution in [-0.4, -0.2) is 42.0 Å². The summed E-state index contributed by atoms with van der Waals surface area (Å²) in [5.74, 6) is 1.76. The third-order valence-corrected chi connectivity index (χ3v) is 7.96. The van der Waals surface area contributed by atoms with Gasteiger partial charge in [0, 0.05) is 30.6 Å². The van der Waals surface area contributed by atoms with Crippen molar-refractivity contribution < 1.29 is 9.47 Å². The van der Waals surface area contributed by atoms with Crippen LogP contribution >= 0.6 is 12.2 Å². The SMILES string of the molecule is CCCCNC(=S)NC1CCC2(c3ccc4c(c3)OCO4)CCN(Cc3ccccc3)C2C1. The Balaban J connectivity index is 1.37. The molecule has 3 atom stereocenters. The van der Waals surface area contributed by atoms with Crippen LogP contribution in [0.15, 0.2) is 48.5 Å². The molecule has 2 aliphatic heterocycles. The molecule has 0 aromatic heterocycles. The van der Waals surface area contributed by atoms with Gasteiger partial charge >= 0.3 is 0 Å². The van der Waals surface area contributed by atoms with Gasteiger partial charge in [-0.2, -0.15) is 0 Å². The number of likely N-dealkylation sites (tertiary alicyclic amines) is 1. The first-order valence-electron chi connectivity index (χ1n) is 12.4. The normalized spacial score (nSPS) is 26.1. The van der Waals surface area contributed by atoms with E-state index in [0.717, 1.165) is 61.9 Å². The van der Waals surface area contributed by atoms with Gasteiger partial charge in [0.1, 0.15) is 0 Å². The number of thiocarbonyl (C=S) groups is 1. The molecule has 3 aliphatic rings. The van der Waals surface area contributed by atoms with Gasteiger partial charge in [-0.15, -0.1) is 0 Å². The minimum atomic E-state index is 0.144. The summed E-state index contributed by atoms with van der Waals surface area (Å²) in [6, 6.07) is 18.3. The zero-order valence-electron chi connectivity index (χ0n) is 19.5. The van der Waals surface area contributed by atoms with Crippen molar-refractivity contribution >= 4 is 17.3 Å². The molecule has 1 aliphatic carbocycles. The lowest BCUT2D eigenvalue weighted by molar-refractivity contribution is 0.134. The quantitative estimate of drug-likeness (QED) is 0.455. The van der Waals surface area contributed by atoms with E-state index < -0.39 is 0 Å². The standard InChI is InChI=1S/C27H35N3O2S/c1-2-3-14-28-26(33)29-22-11-12-27(21-9-10-23-24(16-21)32-19-31-23)13-15-30(25(27)17-22)18-20-7-5-4-6-8-20/h4-10,16,22,25H,2-3,11-15,17-19H2,1H3,(H2,28,29,33). The predicted molar refractivity (Wildman–Crippen MR) is 136 cm³/mol. The summed E-state index contributed by atoms with van der Waals surface area (Å²) in [5, 5.41) is 7.82. The summed E-state index contributed by atoms with van der Waals surface area (Å²) in [6.45, 7) is 5.57. The van der Waals surface area contributed by atoms with Gasteiger partial charge in [0.2, 0.25) is 6.79 Å². The molecule has 2 aromatic rings. The molecule has 2 fully saturated rings. The van der Waals surface area contributed by atoms with E-state index in [1.165, 1.54) is 24.0 Å². The zero-order chi connectivity index (χ0) is 22.7. The van der Waals surface area contributed by atoms with Crippen LogP contribution in [0, 0.1) is 0 Å². The van der Waals surface area contributed by atoms with E-state index in [9.17, 15) is 0 Å². The van der Waals surface area contributed by atoms with Gasteiger partial charge in [0.15, 0.2) is 16.6 Å². The maximum Gasteiger partial charge on any atom is 0.231 e. The summed E-state index contributed by atoms with van der Waals surface area (Å²) in [6.07, 6.45) is 6.87. The molecule has 0 radical (unpaired) electrons. The average Bonchev–Trinajstić information content (AvgIpc) is 3.45. The van der Waals surface area contributed by atoms with Crippen LogP contribution in [0.4, 0.5) is 0 Å². The Bertz CT molecular complexity index is 969. The molecule has 0 amide bonds. The number of rotatable bonds is 7. The minimum absolute atomic E-state index is 0.144. The second-order valence-corrected chi connectivity index (χ2v) is 10.1. The van der Waals surface area contributed by atoms with Gasteiger partial charge in [0.25, 0.3) is 0 Å². The van der Waals surface area contributed by atoms with Crippen LogP contribution in [-0.2, 0) is 12.0 Å². The summed E-state index contributed by atoms with van der Waals surface area (Å²) in [4.78, 5) is 2.70. The van der Waals surface area contributed by atoms with E-state index in [0.29, 0.717) is 18.9 Å². The topological polar surface area (TPSA) is 45.8 Å². The second-order valence-electron chi connectivity index (χ2n) is 9.67. The molecule has 33 heavy (non-hydrogen) atoms. The predicted octanol–water partition coefficient (Wildman–Crippen LogP) is 4.74. The fourth-order valence-electron chi connectivity index (χ4n) is 5.94. The third-order valence-electron chi connectivity index (χ3n) is 7.70. The van der Waals surface area contributed by atoms with Gasteiger partial charge in [-0.05, 0) is 74.1 Å². The monoisotopic (exact) mass is 465 g/mol. The van der Waals surface area contributed by atoms with E-state index in [4.69, 9.17) is 21.7 Å². The molecule has 1 saturated heterocycles. The summed E-state index contributed by atoms with van der Waals surface area (Å²) < 4.78 is 11.3. The summed E-state index contributed by atoms with van der Waals surface area (Å²) in [7, 11) is 0. The van der Waals surface area contributed by atoms with Gasteiger partial charge < -0.3 is 20.1 Å². The second kappa shape index (κ2) is 9.90. The molecule has 0 bridgehead atoms. The lowest BCUT2D eigenvalue weighted by Crippen LogP contribution is -2.53. The van der Waals surface area contributed by atoms with Crippen molar-refractivity contribution in [2.75, 3.05) is 19.9 Å². The van der Waals surface area contributed by atoms with Crippen LogP contribution in [0.3, 0.4) is 0 Å². The summed E-state index contributed by atoms with van der Waals surface area (Å²) in [5.41, 5.74) is 2.92. The van der Waals surface area contributed by atoms with E-state index in [1.807, 2.05) is 0 Å². The Morgan fingerprint density at radius 2 is 1.97 bits per heavy atom. The maximum atomic E-state index is 5.74. The first kappa shape index (κ1) is 22.5. The van der Waals surface area contributed by atoms with E-state index in [1.54, 1.807) is 0 Å². The molecule has 2 aromatic carbocycles. The zero-order valence-corrected chi connectivity index (χ0v) is 20.3. The van der Waals surface area contributed by atoms with Gasteiger partial charge in [-0.3, -0.25) is 4.90 Å². The molecule has 3 unspecified atom stereocenters. The first-order chi connectivity index (χ1) is 16.2. The van der Waals surface area contributed by atoms with Crippen LogP contribution in [0.2, 0.25) is 0 Å². The molecular weight excluding hydrogens is 430 g/mol. The Morgan fingerprint density at radius 3 is 2.82 bits per heavy atom. The van der Waals surface area contributed by atoms with E-state index in [-0.39, 0.29) is 5.41 Å². The Morgan fingerprint density at radius 1 is 1.12 bits per heavy atom. The van der Waals surface area contributed by atoms with Crippen LogP contribution in [0.5, 0.6) is 11.5 Å². The Labute approximate surface area is 202 Å². The van der Waals surface area contributed by atoms with Crippen molar-refractivity contribution in [3.8, 4) is 11.5 Å². The minimum Gasteiger partial charge on any atom is -0.454 e. The highest BCUT2D eigenvalue weighted by Crippen LogP contribution is 2.51. The lowest BCUT2D eigenvalue weighted by Gasteiger charge is -2.45. The van der Waals surface area contributed by atoms with Crippen molar-refractivity contribution in [1.29, 1.82) is 0 Å². The van der Waals surface area contributed by atoms with Crippen LogP contribution in [0.1, 0.15) is 56.6 Å². The van der Waals surface area contributed by atoms with E-state index in [2.05, 4.69) is 71.0 Å². The number of ether oxygens (including phenoxy) is 2. The summed E-state index contributed by atoms with van der Waals surface area (Å²) >= 11 is 5.61. The number of benzene rings is 2. The Hall–Kier alpha value is -2.31. The highest BCUT2D eigenvalue weighted by Gasteiger charge is 2.51. The molecule has 176 valence electrons. The molecular formula is C27H35N3O2S. The molecule has 2 N–H and O–H groups in total. The van der Waals surface area contributed by atoms with Crippen LogP contribution in [0.25, 0.3) is 0 Å². The maximum absolute atomic E-state index is 5.74. The number of unbranched alkanes of at least 4 members (excludes halogenated alkanes) is 1. The van der Waals surface area contributed by atoms with Gasteiger partial charge in [0.05, 0.1) is 0 Å². The number of fused-ring (bicyclic) bond motifs is 2. The highest BCUT2D eigenvalue weighted by atomic mass is 32.1. The van der Waals surface area contributed by atoms with E-state index >= 15 is 0 Å². The number of hydrogen-bond acceptors (Lipinski definition) is 4. The highest BCUT2D eigenvalue weighted by molar-refractivity contribution is 7.80. The molecule has 2 heterocycles. The largest absolute Gasteiger partial charge is 0.454 e. The fourth-order valence-corrected chi connectivity index (χ4v) is 6.21. The number of nitrogens with one attached hydrogen (secondary N) is 2. The number of nitrogens with zero attached hydrogens (tertiary/aromatic N) is 1. The molecule has 0 spiro atoms. The molecule has 6 heteroatoms. The van der Waals surface area contributed by atoms with Gasteiger partial charge in [-0.25, -0.2) is 0 Å². The lowest BCUT2D eigenvalue weighted by atomic mass is 9.65.